The molecule has 3 rings (SSSR count). The number of hydrogen-bond acceptors (Lipinski definition) is 3. The van der Waals surface area contributed by atoms with E-state index in [4.69, 9.17) is 4.74 Å². The number of rotatable bonds is 5. The first kappa shape index (κ1) is 17.8. The van der Waals surface area contributed by atoms with Crippen LogP contribution < -0.4 is 10.1 Å². The monoisotopic (exact) mass is 344 g/mol. The van der Waals surface area contributed by atoms with Crippen LogP contribution in [-0.4, -0.2) is 36.9 Å². The van der Waals surface area contributed by atoms with Gasteiger partial charge in [-0.25, -0.2) is 0 Å². The normalized spacial score (nSPS) is 23.3. The number of carbonyl (C=O) groups excluding carboxylic acids is 2. The van der Waals surface area contributed by atoms with E-state index in [0.717, 1.165) is 62.9 Å². The number of methoxy groups -OCH3 is 1. The van der Waals surface area contributed by atoms with Gasteiger partial charge in [0.15, 0.2) is 0 Å². The third-order valence-electron chi connectivity index (χ3n) is 5.48. The Bertz CT molecular complexity index is 611. The van der Waals surface area contributed by atoms with Gasteiger partial charge >= 0.3 is 0 Å². The summed E-state index contributed by atoms with van der Waals surface area (Å²) in [6.45, 7) is 2.14. The summed E-state index contributed by atoms with van der Waals surface area (Å²) in [5.74, 6) is 0.620. The number of para-hydroxylation sites is 1. The first-order valence-electron chi connectivity index (χ1n) is 9.39. The van der Waals surface area contributed by atoms with Gasteiger partial charge in [-0.05, 0) is 31.7 Å². The van der Waals surface area contributed by atoms with Crippen molar-refractivity contribution < 1.29 is 14.3 Å². The molecule has 0 unspecified atom stereocenters. The minimum Gasteiger partial charge on any atom is -0.496 e. The van der Waals surface area contributed by atoms with Crippen LogP contribution in [0.2, 0.25) is 0 Å². The molecule has 1 saturated heterocycles. The van der Waals surface area contributed by atoms with Crippen molar-refractivity contribution in [1.29, 1.82) is 0 Å². The molecular weight excluding hydrogens is 316 g/mol. The zero-order valence-corrected chi connectivity index (χ0v) is 15.0. The molecule has 2 amide bonds. The summed E-state index contributed by atoms with van der Waals surface area (Å²) in [5, 5.41) is 3.03. The number of likely N-dealkylation sites (tertiary alicyclic amines) is 1. The predicted molar refractivity (Wildman–Crippen MR) is 96.1 cm³/mol. The molecule has 2 aliphatic rings. The first-order chi connectivity index (χ1) is 12.2. The lowest BCUT2D eigenvalue weighted by Crippen LogP contribution is -2.44. The average Bonchev–Trinajstić information content (AvgIpc) is 3.20. The number of ether oxygens (including phenoxy) is 1. The standard InChI is InChI=1S/C20H28N2O3/c1-25-18-11-5-2-8-15(18)14-21-19(23)16-9-3-4-10-17(16)20(24)22-12-6-7-13-22/h2,5,8,11,16-17H,3-4,6-7,9-10,12-14H2,1H3,(H,21,23)/t16-,17+/m0/s1. The molecule has 2 atom stereocenters. The van der Waals surface area contributed by atoms with Gasteiger partial charge in [-0.15, -0.1) is 0 Å². The summed E-state index contributed by atoms with van der Waals surface area (Å²) < 4.78 is 5.34. The Kier molecular flexibility index (Phi) is 5.95. The minimum absolute atomic E-state index is 0.00292. The third-order valence-corrected chi connectivity index (χ3v) is 5.48. The van der Waals surface area contributed by atoms with Crippen molar-refractivity contribution in [3.8, 4) is 5.75 Å². The lowest BCUT2D eigenvalue weighted by Gasteiger charge is -2.32. The smallest absolute Gasteiger partial charge is 0.226 e. The van der Waals surface area contributed by atoms with Crippen LogP contribution in [0.1, 0.15) is 44.1 Å². The molecule has 0 bridgehead atoms. The molecule has 0 aromatic heterocycles. The topological polar surface area (TPSA) is 58.6 Å². The highest BCUT2D eigenvalue weighted by atomic mass is 16.5. The lowest BCUT2D eigenvalue weighted by atomic mass is 9.78. The summed E-state index contributed by atoms with van der Waals surface area (Å²) in [7, 11) is 1.63. The van der Waals surface area contributed by atoms with E-state index in [-0.39, 0.29) is 23.7 Å². The van der Waals surface area contributed by atoms with E-state index in [2.05, 4.69) is 5.32 Å². The molecule has 5 nitrogen and oxygen atoms in total. The highest BCUT2D eigenvalue weighted by Gasteiger charge is 2.38. The molecule has 1 saturated carbocycles. The lowest BCUT2D eigenvalue weighted by molar-refractivity contribution is -0.142. The minimum atomic E-state index is -0.198. The summed E-state index contributed by atoms with van der Waals surface area (Å²) in [5.41, 5.74) is 0.955. The molecule has 136 valence electrons. The molecule has 2 fully saturated rings. The fraction of sp³-hybridized carbons (Fsp3) is 0.600. The Labute approximate surface area is 149 Å². The van der Waals surface area contributed by atoms with Gasteiger partial charge in [0, 0.05) is 37.0 Å². The van der Waals surface area contributed by atoms with Gasteiger partial charge in [0.2, 0.25) is 11.8 Å². The van der Waals surface area contributed by atoms with Crippen LogP contribution in [0.4, 0.5) is 0 Å². The van der Waals surface area contributed by atoms with Crippen LogP contribution >= 0.6 is 0 Å². The molecule has 25 heavy (non-hydrogen) atoms. The van der Waals surface area contributed by atoms with Crippen LogP contribution in [0, 0.1) is 11.8 Å². The fourth-order valence-electron chi connectivity index (χ4n) is 4.07. The SMILES string of the molecule is COc1ccccc1CNC(=O)[C@H]1CCCC[C@H]1C(=O)N1CCCC1. The van der Waals surface area contributed by atoms with E-state index in [9.17, 15) is 9.59 Å². The number of benzene rings is 1. The van der Waals surface area contributed by atoms with Crippen LogP contribution in [0.15, 0.2) is 24.3 Å². The van der Waals surface area contributed by atoms with Crippen molar-refractivity contribution in [2.75, 3.05) is 20.2 Å². The summed E-state index contributed by atoms with van der Waals surface area (Å²) in [6, 6.07) is 7.69. The second kappa shape index (κ2) is 8.37. The van der Waals surface area contributed by atoms with Crippen molar-refractivity contribution in [1.82, 2.24) is 10.2 Å². The summed E-state index contributed by atoms with van der Waals surface area (Å²) >= 11 is 0. The number of hydrogen-bond donors (Lipinski definition) is 1. The molecular formula is C20H28N2O3. The largest absolute Gasteiger partial charge is 0.496 e. The van der Waals surface area contributed by atoms with Gasteiger partial charge in [-0.3, -0.25) is 9.59 Å². The Morgan fingerprint density at radius 2 is 1.76 bits per heavy atom. The maximum atomic E-state index is 12.8. The second-order valence-electron chi connectivity index (χ2n) is 7.06. The van der Waals surface area contributed by atoms with Crippen molar-refractivity contribution >= 4 is 11.8 Å². The van der Waals surface area contributed by atoms with Crippen LogP contribution in [0.3, 0.4) is 0 Å². The highest BCUT2D eigenvalue weighted by molar-refractivity contribution is 5.88. The molecule has 0 radical (unpaired) electrons. The second-order valence-corrected chi connectivity index (χ2v) is 7.06. The molecule has 0 spiro atoms. The Balaban J connectivity index is 1.63. The van der Waals surface area contributed by atoms with Gasteiger partial charge in [-0.2, -0.15) is 0 Å². The van der Waals surface area contributed by atoms with Gasteiger partial charge in [-0.1, -0.05) is 31.0 Å². The van der Waals surface area contributed by atoms with Crippen LogP contribution in [-0.2, 0) is 16.1 Å². The van der Waals surface area contributed by atoms with Crippen LogP contribution in [0.5, 0.6) is 5.75 Å². The van der Waals surface area contributed by atoms with E-state index < -0.39 is 0 Å². The van der Waals surface area contributed by atoms with Crippen molar-refractivity contribution in [3.05, 3.63) is 29.8 Å². The zero-order chi connectivity index (χ0) is 17.6. The van der Waals surface area contributed by atoms with Gasteiger partial charge in [0.05, 0.1) is 7.11 Å². The Morgan fingerprint density at radius 3 is 2.48 bits per heavy atom. The molecule has 5 heteroatoms. The van der Waals surface area contributed by atoms with Crippen molar-refractivity contribution in [3.63, 3.8) is 0 Å². The van der Waals surface area contributed by atoms with Crippen molar-refractivity contribution in [2.24, 2.45) is 11.8 Å². The van der Waals surface area contributed by atoms with E-state index in [1.54, 1.807) is 7.11 Å². The number of nitrogens with zero attached hydrogens (tertiary/aromatic N) is 1. The molecule has 1 heterocycles. The van der Waals surface area contributed by atoms with E-state index in [0.29, 0.717) is 6.54 Å². The zero-order valence-electron chi connectivity index (χ0n) is 15.0. The van der Waals surface area contributed by atoms with E-state index in [1.807, 2.05) is 29.2 Å². The van der Waals surface area contributed by atoms with Gasteiger partial charge in [0.1, 0.15) is 5.75 Å². The summed E-state index contributed by atoms with van der Waals surface area (Å²) in [6.07, 6.45) is 5.88. The third kappa shape index (κ3) is 4.14. The van der Waals surface area contributed by atoms with Gasteiger partial charge in [0.25, 0.3) is 0 Å². The average molecular weight is 344 g/mol. The molecule has 1 N–H and O–H groups in total. The molecule has 1 aromatic carbocycles. The maximum Gasteiger partial charge on any atom is 0.226 e. The van der Waals surface area contributed by atoms with Gasteiger partial charge < -0.3 is 15.0 Å². The maximum absolute atomic E-state index is 12.8. The van der Waals surface area contributed by atoms with Crippen LogP contribution in [0.25, 0.3) is 0 Å². The molecule has 1 aromatic rings. The molecule has 1 aliphatic carbocycles. The molecule has 1 aliphatic heterocycles. The Hall–Kier alpha value is -2.04. The number of carbonyl (C=O) groups is 2. The number of nitrogens with one attached hydrogen (secondary N) is 1. The summed E-state index contributed by atoms with van der Waals surface area (Å²) in [4.78, 5) is 27.5. The van der Waals surface area contributed by atoms with E-state index >= 15 is 0 Å². The highest BCUT2D eigenvalue weighted by Crippen LogP contribution is 2.32. The first-order valence-corrected chi connectivity index (χ1v) is 9.39. The predicted octanol–water partition coefficient (Wildman–Crippen LogP) is 2.74. The quantitative estimate of drug-likeness (QED) is 0.893. The fourth-order valence-corrected chi connectivity index (χ4v) is 4.07. The van der Waals surface area contributed by atoms with E-state index in [1.165, 1.54) is 0 Å². The number of amides is 2. The van der Waals surface area contributed by atoms with Crippen molar-refractivity contribution in [2.45, 2.75) is 45.1 Å². The Morgan fingerprint density at radius 1 is 1.08 bits per heavy atom.